The molecular weight excluding hydrogens is 288 g/mol. The maximum atomic E-state index is 11.4. The minimum Gasteiger partial charge on any atom is -0.306 e. The van der Waals surface area contributed by atoms with Gasteiger partial charge in [0, 0.05) is 24.5 Å². The largest absolute Gasteiger partial charge is 0.306 e. The van der Waals surface area contributed by atoms with Gasteiger partial charge in [0.05, 0.1) is 11.4 Å². The summed E-state index contributed by atoms with van der Waals surface area (Å²) < 4.78 is 24.6. The van der Waals surface area contributed by atoms with Gasteiger partial charge in [-0.2, -0.15) is 5.10 Å². The molecule has 2 atom stereocenters. The van der Waals surface area contributed by atoms with E-state index >= 15 is 0 Å². The molecule has 0 saturated carbocycles. The van der Waals surface area contributed by atoms with E-state index in [1.54, 1.807) is 18.3 Å². The molecule has 6 nitrogen and oxygen atoms in total. The summed E-state index contributed by atoms with van der Waals surface area (Å²) in [6, 6.07) is 8.77. The van der Waals surface area contributed by atoms with E-state index in [9.17, 15) is 8.42 Å². The standard InChI is InChI=1S/C14H20N4O2S/c1-11(10-18-8-4-7-16-18)17-12(2)13-5-3-6-14(9-13)21(15,19)20/h3-9,11-12,17H,10H2,1-2H3,(H2,15,19,20). The van der Waals surface area contributed by atoms with Crippen LogP contribution in [0.3, 0.4) is 0 Å². The SMILES string of the molecule is CC(Cn1cccn1)NC(C)c1cccc(S(N)(=O)=O)c1. The van der Waals surface area contributed by atoms with Crippen LogP contribution in [0.25, 0.3) is 0 Å². The molecule has 2 aromatic rings. The van der Waals surface area contributed by atoms with E-state index in [4.69, 9.17) is 5.14 Å². The van der Waals surface area contributed by atoms with Crippen LogP contribution in [0.1, 0.15) is 25.5 Å². The molecule has 0 spiro atoms. The van der Waals surface area contributed by atoms with Crippen molar-refractivity contribution < 1.29 is 8.42 Å². The Bertz CT molecular complexity index is 683. The van der Waals surface area contributed by atoms with Gasteiger partial charge >= 0.3 is 0 Å². The average molecular weight is 308 g/mol. The number of nitrogens with zero attached hydrogens (tertiary/aromatic N) is 2. The molecule has 0 bridgehead atoms. The van der Waals surface area contributed by atoms with Crippen molar-refractivity contribution in [1.29, 1.82) is 0 Å². The molecule has 0 amide bonds. The van der Waals surface area contributed by atoms with E-state index in [2.05, 4.69) is 17.3 Å². The monoisotopic (exact) mass is 308 g/mol. The molecule has 7 heteroatoms. The third-order valence-corrected chi connectivity index (χ3v) is 4.15. The number of nitrogens with two attached hydrogens (primary N) is 1. The summed E-state index contributed by atoms with van der Waals surface area (Å²) in [4.78, 5) is 0.133. The molecule has 1 aromatic heterocycles. The molecule has 0 aliphatic rings. The van der Waals surface area contributed by atoms with Crippen LogP contribution in [0.5, 0.6) is 0 Å². The summed E-state index contributed by atoms with van der Waals surface area (Å²) in [5.74, 6) is 0. The van der Waals surface area contributed by atoms with Crippen molar-refractivity contribution in [2.24, 2.45) is 5.14 Å². The fraction of sp³-hybridized carbons (Fsp3) is 0.357. The number of rotatable bonds is 6. The van der Waals surface area contributed by atoms with Gasteiger partial charge in [-0.1, -0.05) is 12.1 Å². The summed E-state index contributed by atoms with van der Waals surface area (Å²) >= 11 is 0. The second-order valence-corrected chi connectivity index (χ2v) is 6.70. The van der Waals surface area contributed by atoms with Gasteiger partial charge in [-0.25, -0.2) is 13.6 Å². The zero-order valence-corrected chi connectivity index (χ0v) is 12.9. The minimum absolute atomic E-state index is 0.0114. The molecular formula is C14H20N4O2S. The van der Waals surface area contributed by atoms with Crippen LogP contribution in [0.4, 0.5) is 0 Å². The van der Waals surface area contributed by atoms with Gasteiger partial charge < -0.3 is 5.32 Å². The molecule has 0 aliphatic heterocycles. The van der Waals surface area contributed by atoms with Gasteiger partial charge in [-0.3, -0.25) is 4.68 Å². The quantitative estimate of drug-likeness (QED) is 0.841. The van der Waals surface area contributed by atoms with Crippen LogP contribution in [0, 0.1) is 0 Å². The van der Waals surface area contributed by atoms with Gasteiger partial charge in [-0.15, -0.1) is 0 Å². The van der Waals surface area contributed by atoms with E-state index in [1.807, 2.05) is 29.9 Å². The van der Waals surface area contributed by atoms with Gasteiger partial charge in [0.15, 0.2) is 0 Å². The number of benzene rings is 1. The van der Waals surface area contributed by atoms with Crippen molar-refractivity contribution in [1.82, 2.24) is 15.1 Å². The highest BCUT2D eigenvalue weighted by Gasteiger charge is 2.13. The summed E-state index contributed by atoms with van der Waals surface area (Å²) in [7, 11) is -3.67. The molecule has 0 radical (unpaired) electrons. The van der Waals surface area contributed by atoms with Crippen LogP contribution in [-0.4, -0.2) is 24.2 Å². The molecule has 21 heavy (non-hydrogen) atoms. The fourth-order valence-corrected chi connectivity index (χ4v) is 2.79. The van der Waals surface area contributed by atoms with E-state index in [0.29, 0.717) is 0 Å². The van der Waals surface area contributed by atoms with Crippen LogP contribution >= 0.6 is 0 Å². The second kappa shape index (κ2) is 6.38. The molecule has 2 rings (SSSR count). The zero-order chi connectivity index (χ0) is 15.5. The lowest BCUT2D eigenvalue weighted by Gasteiger charge is -2.20. The maximum Gasteiger partial charge on any atom is 0.238 e. The summed E-state index contributed by atoms with van der Waals surface area (Å²) in [6.45, 7) is 4.79. The third kappa shape index (κ3) is 4.38. The lowest BCUT2D eigenvalue weighted by atomic mass is 10.1. The molecule has 0 fully saturated rings. The Hall–Kier alpha value is -1.70. The molecule has 3 N–H and O–H groups in total. The van der Waals surface area contributed by atoms with E-state index in [-0.39, 0.29) is 17.0 Å². The molecule has 0 aliphatic carbocycles. The second-order valence-electron chi connectivity index (χ2n) is 5.14. The minimum atomic E-state index is -3.67. The van der Waals surface area contributed by atoms with Crippen LogP contribution in [-0.2, 0) is 16.6 Å². The lowest BCUT2D eigenvalue weighted by molar-refractivity contribution is 0.412. The highest BCUT2D eigenvalue weighted by Crippen LogP contribution is 2.17. The van der Waals surface area contributed by atoms with Crippen molar-refractivity contribution in [3.63, 3.8) is 0 Å². The number of hydrogen-bond acceptors (Lipinski definition) is 4. The van der Waals surface area contributed by atoms with E-state index in [0.717, 1.165) is 12.1 Å². The number of hydrogen-bond donors (Lipinski definition) is 2. The Morgan fingerprint density at radius 1 is 1.33 bits per heavy atom. The highest BCUT2D eigenvalue weighted by atomic mass is 32.2. The molecule has 1 heterocycles. The Morgan fingerprint density at radius 3 is 2.71 bits per heavy atom. The Balaban J connectivity index is 2.04. The van der Waals surface area contributed by atoms with E-state index < -0.39 is 10.0 Å². The van der Waals surface area contributed by atoms with Crippen molar-refractivity contribution in [3.05, 3.63) is 48.3 Å². The lowest BCUT2D eigenvalue weighted by Crippen LogP contribution is -2.32. The van der Waals surface area contributed by atoms with Gasteiger partial charge in [0.25, 0.3) is 0 Å². The van der Waals surface area contributed by atoms with Gasteiger partial charge in [0.1, 0.15) is 0 Å². The molecule has 114 valence electrons. The number of sulfonamides is 1. The maximum absolute atomic E-state index is 11.4. The molecule has 1 aromatic carbocycles. The first kappa shape index (κ1) is 15.7. The number of nitrogens with one attached hydrogen (secondary N) is 1. The summed E-state index contributed by atoms with van der Waals surface area (Å²) in [6.07, 6.45) is 3.65. The van der Waals surface area contributed by atoms with Crippen molar-refractivity contribution >= 4 is 10.0 Å². The third-order valence-electron chi connectivity index (χ3n) is 3.24. The normalized spacial score (nSPS) is 14.8. The fourth-order valence-electron chi connectivity index (χ4n) is 2.23. The van der Waals surface area contributed by atoms with Crippen molar-refractivity contribution in [3.8, 4) is 0 Å². The summed E-state index contributed by atoms with van der Waals surface area (Å²) in [5.41, 5.74) is 0.883. The topological polar surface area (TPSA) is 90.0 Å². The first-order valence-corrected chi connectivity index (χ1v) is 8.27. The smallest absolute Gasteiger partial charge is 0.238 e. The Labute approximate surface area is 125 Å². The van der Waals surface area contributed by atoms with Crippen molar-refractivity contribution in [2.75, 3.05) is 0 Å². The van der Waals surface area contributed by atoms with Gasteiger partial charge in [-0.05, 0) is 37.6 Å². The van der Waals surface area contributed by atoms with Gasteiger partial charge in [0.2, 0.25) is 10.0 Å². The Morgan fingerprint density at radius 2 is 2.10 bits per heavy atom. The average Bonchev–Trinajstić information content (AvgIpc) is 2.90. The molecule has 2 unspecified atom stereocenters. The van der Waals surface area contributed by atoms with Crippen LogP contribution in [0.15, 0.2) is 47.6 Å². The first-order chi connectivity index (χ1) is 9.86. The number of aromatic nitrogens is 2. The summed E-state index contributed by atoms with van der Waals surface area (Å²) in [5, 5.41) is 12.7. The number of primary sulfonamides is 1. The zero-order valence-electron chi connectivity index (χ0n) is 12.1. The predicted molar refractivity (Wildman–Crippen MR) is 81.1 cm³/mol. The highest BCUT2D eigenvalue weighted by molar-refractivity contribution is 7.89. The first-order valence-electron chi connectivity index (χ1n) is 6.72. The Kier molecular flexibility index (Phi) is 4.76. The van der Waals surface area contributed by atoms with Crippen molar-refractivity contribution in [2.45, 2.75) is 37.4 Å². The van der Waals surface area contributed by atoms with E-state index in [1.165, 1.54) is 6.07 Å². The molecule has 0 saturated heterocycles. The van der Waals surface area contributed by atoms with Crippen LogP contribution < -0.4 is 10.5 Å². The predicted octanol–water partition coefficient (Wildman–Crippen LogP) is 1.27. The van der Waals surface area contributed by atoms with Crippen LogP contribution in [0.2, 0.25) is 0 Å².